The van der Waals surface area contributed by atoms with E-state index in [1.807, 2.05) is 0 Å². The second kappa shape index (κ2) is 6.06. The molecule has 1 aliphatic rings. The fraction of sp³-hybridized carbons (Fsp3) is 0. The predicted octanol–water partition coefficient (Wildman–Crippen LogP) is 4.43. The summed E-state index contributed by atoms with van der Waals surface area (Å²) in [6.45, 7) is 0. The van der Waals surface area contributed by atoms with Crippen LogP contribution in [0.5, 0.6) is 5.75 Å². The van der Waals surface area contributed by atoms with Gasteiger partial charge in [0.05, 0.1) is 15.6 Å². The van der Waals surface area contributed by atoms with Gasteiger partial charge in [-0.05, 0) is 54.2 Å². The first kappa shape index (κ1) is 15.6. The molecule has 2 amide bonds. The van der Waals surface area contributed by atoms with Crippen LogP contribution in [0.1, 0.15) is 5.56 Å². The summed E-state index contributed by atoms with van der Waals surface area (Å²) in [7, 11) is 0. The Balaban J connectivity index is 1.98. The number of nitrogens with zero attached hydrogens (tertiary/aromatic N) is 1. The van der Waals surface area contributed by atoms with Crippen molar-refractivity contribution in [2.75, 3.05) is 4.90 Å². The zero-order valence-corrected chi connectivity index (χ0v) is 13.1. The number of hydrogen-bond acceptors (Lipinski definition) is 4. The van der Waals surface area contributed by atoms with Gasteiger partial charge in [0.2, 0.25) is 0 Å². The van der Waals surface area contributed by atoms with Crippen molar-refractivity contribution in [1.82, 2.24) is 0 Å². The first-order valence-corrected chi connectivity index (χ1v) is 7.68. The van der Waals surface area contributed by atoms with Crippen molar-refractivity contribution in [3.8, 4) is 5.75 Å². The first-order valence-electron chi connectivity index (χ1n) is 6.48. The number of aromatic hydroxyl groups is 1. The molecule has 1 heterocycles. The number of phenols is 1. The lowest BCUT2D eigenvalue weighted by atomic mass is 10.2. The number of phenolic OH excluding ortho intramolecular Hbond substituents is 1. The van der Waals surface area contributed by atoms with Gasteiger partial charge < -0.3 is 5.11 Å². The van der Waals surface area contributed by atoms with Crippen LogP contribution in [0, 0.1) is 5.82 Å². The predicted molar refractivity (Wildman–Crippen MR) is 88.0 cm³/mol. The molecule has 0 bridgehead atoms. The molecule has 1 N–H and O–H groups in total. The van der Waals surface area contributed by atoms with Gasteiger partial charge in [0.15, 0.2) is 0 Å². The third kappa shape index (κ3) is 2.95. The average Bonchev–Trinajstić information content (AvgIpc) is 2.79. The minimum absolute atomic E-state index is 0.0226. The maximum absolute atomic E-state index is 13.8. The Labute approximate surface area is 140 Å². The minimum atomic E-state index is -0.575. The van der Waals surface area contributed by atoms with Crippen molar-refractivity contribution in [3.05, 3.63) is 63.8 Å². The summed E-state index contributed by atoms with van der Waals surface area (Å²) in [4.78, 5) is 25.5. The number of rotatable bonds is 2. The first-order chi connectivity index (χ1) is 11.0. The number of benzene rings is 2. The van der Waals surface area contributed by atoms with Gasteiger partial charge in [-0.1, -0.05) is 17.7 Å². The summed E-state index contributed by atoms with van der Waals surface area (Å²) in [5, 5.41) is 8.93. The molecule has 2 aromatic rings. The lowest BCUT2D eigenvalue weighted by Gasteiger charge is -2.12. The van der Waals surface area contributed by atoms with Crippen molar-refractivity contribution in [1.29, 1.82) is 0 Å². The number of thioether (sulfide) groups is 1. The third-order valence-electron chi connectivity index (χ3n) is 3.18. The van der Waals surface area contributed by atoms with Gasteiger partial charge in [0, 0.05) is 5.56 Å². The third-order valence-corrected chi connectivity index (χ3v) is 4.38. The summed E-state index contributed by atoms with van der Waals surface area (Å²) in [5.74, 6) is -1.12. The molecule has 2 aromatic carbocycles. The molecule has 1 saturated heterocycles. The molecule has 7 heteroatoms. The molecule has 4 nitrogen and oxygen atoms in total. The average molecular weight is 350 g/mol. The van der Waals surface area contributed by atoms with Gasteiger partial charge in [0.1, 0.15) is 11.6 Å². The monoisotopic (exact) mass is 349 g/mol. The number of carbonyl (C=O) groups excluding carboxylic acids is 2. The summed E-state index contributed by atoms with van der Waals surface area (Å²) >= 11 is 6.64. The van der Waals surface area contributed by atoms with E-state index in [0.717, 1.165) is 4.90 Å². The van der Waals surface area contributed by atoms with Crippen LogP contribution in [-0.2, 0) is 4.79 Å². The summed E-state index contributed by atoms with van der Waals surface area (Å²) in [6, 6.07) is 9.82. The normalized spacial score (nSPS) is 16.4. The molecule has 0 aromatic heterocycles. The van der Waals surface area contributed by atoms with E-state index in [2.05, 4.69) is 0 Å². The number of imide groups is 1. The molecule has 0 unspecified atom stereocenters. The Morgan fingerprint density at radius 1 is 1.13 bits per heavy atom. The summed E-state index contributed by atoms with van der Waals surface area (Å²) in [5.41, 5.74) is 0.388. The van der Waals surface area contributed by atoms with Gasteiger partial charge in [-0.3, -0.25) is 9.59 Å². The Morgan fingerprint density at radius 2 is 1.83 bits per heavy atom. The molecule has 116 valence electrons. The minimum Gasteiger partial charge on any atom is -0.508 e. The zero-order valence-electron chi connectivity index (χ0n) is 11.5. The van der Waals surface area contributed by atoms with E-state index in [0.29, 0.717) is 17.4 Å². The number of amides is 2. The van der Waals surface area contributed by atoms with Crippen LogP contribution in [0.15, 0.2) is 47.4 Å². The summed E-state index contributed by atoms with van der Waals surface area (Å²) in [6.07, 6.45) is 1.27. The fourth-order valence-electron chi connectivity index (χ4n) is 2.07. The number of anilines is 1. The van der Waals surface area contributed by atoms with Crippen LogP contribution in [-0.4, -0.2) is 16.3 Å². The maximum Gasteiger partial charge on any atom is 0.298 e. The van der Waals surface area contributed by atoms with E-state index in [9.17, 15) is 19.1 Å². The zero-order chi connectivity index (χ0) is 16.6. The standard InChI is InChI=1S/C16H9ClFNO3S/c17-12-2-1-3-13(18)11(12)8-14-15(21)19(16(22)23-14)9-4-6-10(20)7-5-9/h1-8,20H/b14-8-. The van der Waals surface area contributed by atoms with E-state index in [1.54, 1.807) is 0 Å². The van der Waals surface area contributed by atoms with Crippen LogP contribution in [0.3, 0.4) is 0 Å². The maximum atomic E-state index is 13.8. The fourth-order valence-corrected chi connectivity index (χ4v) is 3.11. The van der Waals surface area contributed by atoms with Gasteiger partial charge in [-0.15, -0.1) is 0 Å². The Morgan fingerprint density at radius 3 is 2.48 bits per heavy atom. The number of halogens is 2. The Bertz CT molecular complexity index is 815. The quantitative estimate of drug-likeness (QED) is 0.815. The van der Waals surface area contributed by atoms with E-state index in [1.165, 1.54) is 48.5 Å². The SMILES string of the molecule is O=C1S/C(=C\c2c(F)cccc2Cl)C(=O)N1c1ccc(O)cc1. The number of carbonyl (C=O) groups is 2. The van der Waals surface area contributed by atoms with Gasteiger partial charge in [-0.25, -0.2) is 9.29 Å². The highest BCUT2D eigenvalue weighted by atomic mass is 35.5. The second-order valence-corrected chi connectivity index (χ2v) is 6.07. The topological polar surface area (TPSA) is 57.6 Å². The molecule has 1 aliphatic heterocycles. The van der Waals surface area contributed by atoms with Crippen molar-refractivity contribution >= 4 is 46.3 Å². The van der Waals surface area contributed by atoms with Crippen molar-refractivity contribution in [3.63, 3.8) is 0 Å². The number of hydrogen-bond donors (Lipinski definition) is 1. The second-order valence-electron chi connectivity index (χ2n) is 4.67. The van der Waals surface area contributed by atoms with E-state index >= 15 is 0 Å². The highest BCUT2D eigenvalue weighted by Gasteiger charge is 2.36. The van der Waals surface area contributed by atoms with E-state index in [4.69, 9.17) is 11.6 Å². The van der Waals surface area contributed by atoms with Gasteiger partial charge in [-0.2, -0.15) is 0 Å². The Hall–Kier alpha value is -2.31. The molecule has 3 rings (SSSR count). The van der Waals surface area contributed by atoms with Crippen molar-refractivity contribution in [2.45, 2.75) is 0 Å². The highest BCUT2D eigenvalue weighted by molar-refractivity contribution is 8.19. The molecule has 1 fully saturated rings. The molecular weight excluding hydrogens is 341 g/mol. The van der Waals surface area contributed by atoms with E-state index in [-0.39, 0.29) is 21.2 Å². The highest BCUT2D eigenvalue weighted by Crippen LogP contribution is 2.37. The van der Waals surface area contributed by atoms with Crippen LogP contribution in [0.25, 0.3) is 6.08 Å². The van der Waals surface area contributed by atoms with Crippen LogP contribution >= 0.6 is 23.4 Å². The van der Waals surface area contributed by atoms with Gasteiger partial charge >= 0.3 is 0 Å². The van der Waals surface area contributed by atoms with Crippen LogP contribution in [0.2, 0.25) is 5.02 Å². The molecule has 0 atom stereocenters. The van der Waals surface area contributed by atoms with Crippen LogP contribution < -0.4 is 4.90 Å². The molecule has 0 spiro atoms. The molecular formula is C16H9ClFNO3S. The largest absolute Gasteiger partial charge is 0.508 e. The Kier molecular flexibility index (Phi) is 4.11. The molecule has 23 heavy (non-hydrogen) atoms. The smallest absolute Gasteiger partial charge is 0.298 e. The summed E-state index contributed by atoms with van der Waals surface area (Å²) < 4.78 is 13.8. The molecule has 0 saturated carbocycles. The lowest BCUT2D eigenvalue weighted by molar-refractivity contribution is -0.113. The lowest BCUT2D eigenvalue weighted by Crippen LogP contribution is -2.27. The van der Waals surface area contributed by atoms with Crippen molar-refractivity contribution in [2.24, 2.45) is 0 Å². The molecule has 0 radical (unpaired) electrons. The van der Waals surface area contributed by atoms with Gasteiger partial charge in [0.25, 0.3) is 11.1 Å². The van der Waals surface area contributed by atoms with E-state index < -0.39 is 17.0 Å². The van der Waals surface area contributed by atoms with Crippen molar-refractivity contribution < 1.29 is 19.1 Å². The molecule has 0 aliphatic carbocycles. The van der Waals surface area contributed by atoms with Crippen LogP contribution in [0.4, 0.5) is 14.9 Å².